The number of carbonyl (C=O) groups is 1. The van der Waals surface area contributed by atoms with Crippen molar-refractivity contribution in [3.05, 3.63) is 24.2 Å². The number of nitrogens with zero attached hydrogens (tertiary/aromatic N) is 2. The fraction of sp³-hybridized carbons (Fsp3) is 0.100. The molecule has 0 aliphatic carbocycles. The number of hydrogen-bond donors (Lipinski definition) is 2. The van der Waals surface area contributed by atoms with Crippen LogP contribution in [0.3, 0.4) is 0 Å². The topological polar surface area (TPSA) is 93.9 Å². The third kappa shape index (κ3) is 1.72. The minimum absolute atomic E-state index is 0.371. The van der Waals surface area contributed by atoms with E-state index in [-0.39, 0.29) is 0 Å². The molecule has 0 atom stereocenters. The lowest BCUT2D eigenvalue weighted by Gasteiger charge is -1.95. The summed E-state index contributed by atoms with van der Waals surface area (Å²) in [5.41, 5.74) is 7.10. The van der Waals surface area contributed by atoms with Crippen LogP contribution in [0.5, 0.6) is 0 Å². The summed E-state index contributed by atoms with van der Waals surface area (Å²) in [7, 11) is 1.32. The van der Waals surface area contributed by atoms with E-state index in [0.29, 0.717) is 16.9 Å². The summed E-state index contributed by atoms with van der Waals surface area (Å²) in [4.78, 5) is 21.8. The molecule has 0 aliphatic rings. The van der Waals surface area contributed by atoms with E-state index >= 15 is 0 Å². The number of esters is 1. The molecule has 16 heavy (non-hydrogen) atoms. The summed E-state index contributed by atoms with van der Waals surface area (Å²) in [6, 6.07) is 0. The first-order valence-electron chi connectivity index (χ1n) is 4.56. The molecule has 0 aliphatic heterocycles. The molecule has 0 saturated carbocycles. The number of carbonyl (C=O) groups excluding carboxylic acids is 1. The zero-order valence-electron chi connectivity index (χ0n) is 8.60. The van der Waals surface area contributed by atoms with Gasteiger partial charge in [-0.25, -0.2) is 14.8 Å². The van der Waals surface area contributed by atoms with Gasteiger partial charge < -0.3 is 15.5 Å². The lowest BCUT2D eigenvalue weighted by atomic mass is 10.2. The minimum atomic E-state index is -0.426. The molecule has 0 spiro atoms. The van der Waals surface area contributed by atoms with Gasteiger partial charge in [-0.3, -0.25) is 0 Å². The first-order valence-corrected chi connectivity index (χ1v) is 4.56. The number of H-pyrrole nitrogens is 1. The van der Waals surface area contributed by atoms with Gasteiger partial charge in [0.05, 0.1) is 12.5 Å². The molecule has 2 aromatic rings. The van der Waals surface area contributed by atoms with Crippen molar-refractivity contribution in [2.24, 2.45) is 0 Å². The Balaban J connectivity index is 2.46. The van der Waals surface area contributed by atoms with Crippen LogP contribution in [0, 0.1) is 0 Å². The molecular formula is C10H10N4O2. The number of ether oxygens (including phenoxy) is 1. The van der Waals surface area contributed by atoms with Crippen LogP contribution in [0.4, 0.5) is 5.82 Å². The standard InChI is InChI=1S/C10H10N4O2/c1-16-7(15)3-2-6-4-12-10-8(6)9(11)13-5-14-10/h2-5H,1H3,(H3,11,12,13,14). The maximum atomic E-state index is 10.9. The Morgan fingerprint density at radius 3 is 3.12 bits per heavy atom. The summed E-state index contributed by atoms with van der Waals surface area (Å²) in [6.45, 7) is 0. The van der Waals surface area contributed by atoms with Crippen LogP contribution in [-0.4, -0.2) is 28.0 Å². The number of aromatic nitrogens is 3. The Bertz CT molecular complexity index is 559. The normalized spacial score (nSPS) is 11.1. The second-order valence-electron chi connectivity index (χ2n) is 3.08. The van der Waals surface area contributed by atoms with E-state index in [2.05, 4.69) is 19.7 Å². The Labute approximate surface area is 91.1 Å². The van der Waals surface area contributed by atoms with E-state index in [4.69, 9.17) is 5.73 Å². The monoisotopic (exact) mass is 218 g/mol. The molecule has 0 fully saturated rings. The number of methoxy groups -OCH3 is 1. The lowest BCUT2D eigenvalue weighted by molar-refractivity contribution is -0.134. The molecule has 82 valence electrons. The van der Waals surface area contributed by atoms with Crippen LogP contribution in [0.15, 0.2) is 18.6 Å². The summed E-state index contributed by atoms with van der Waals surface area (Å²) >= 11 is 0. The molecule has 2 rings (SSSR count). The molecule has 0 bridgehead atoms. The van der Waals surface area contributed by atoms with Gasteiger partial charge in [-0.1, -0.05) is 0 Å². The van der Waals surface area contributed by atoms with Crippen molar-refractivity contribution < 1.29 is 9.53 Å². The number of hydrogen-bond acceptors (Lipinski definition) is 5. The number of anilines is 1. The van der Waals surface area contributed by atoms with Crippen molar-refractivity contribution in [1.29, 1.82) is 0 Å². The number of nitrogens with one attached hydrogen (secondary N) is 1. The van der Waals surface area contributed by atoms with Gasteiger partial charge in [-0.2, -0.15) is 0 Å². The zero-order valence-corrected chi connectivity index (χ0v) is 8.60. The number of nitrogen functional groups attached to an aromatic ring is 1. The van der Waals surface area contributed by atoms with Crippen molar-refractivity contribution in [3.63, 3.8) is 0 Å². The highest BCUT2D eigenvalue weighted by molar-refractivity contribution is 5.97. The van der Waals surface area contributed by atoms with Crippen molar-refractivity contribution in [2.45, 2.75) is 0 Å². The average Bonchev–Trinajstić information content (AvgIpc) is 2.70. The van der Waals surface area contributed by atoms with Crippen LogP contribution < -0.4 is 5.73 Å². The van der Waals surface area contributed by atoms with Gasteiger partial charge in [-0.15, -0.1) is 0 Å². The Morgan fingerprint density at radius 1 is 1.56 bits per heavy atom. The molecule has 6 heteroatoms. The molecule has 6 nitrogen and oxygen atoms in total. The SMILES string of the molecule is COC(=O)C=Cc1c[nH]c2ncnc(N)c12. The van der Waals surface area contributed by atoms with Crippen molar-refractivity contribution in [1.82, 2.24) is 15.0 Å². The Kier molecular flexibility index (Phi) is 2.55. The third-order valence-corrected chi connectivity index (χ3v) is 2.13. The quantitative estimate of drug-likeness (QED) is 0.572. The highest BCUT2D eigenvalue weighted by Crippen LogP contribution is 2.21. The number of fused-ring (bicyclic) bond motifs is 1. The van der Waals surface area contributed by atoms with Crippen LogP contribution in [-0.2, 0) is 9.53 Å². The fourth-order valence-electron chi connectivity index (χ4n) is 1.37. The largest absolute Gasteiger partial charge is 0.466 e. The van der Waals surface area contributed by atoms with Gasteiger partial charge in [-0.05, 0) is 6.08 Å². The summed E-state index contributed by atoms with van der Waals surface area (Å²) < 4.78 is 4.49. The molecule has 0 aromatic carbocycles. The number of aromatic amines is 1. The maximum absolute atomic E-state index is 10.9. The molecule has 0 amide bonds. The molecule has 0 radical (unpaired) electrons. The molecule has 2 aromatic heterocycles. The smallest absolute Gasteiger partial charge is 0.330 e. The van der Waals surface area contributed by atoms with E-state index in [1.54, 1.807) is 12.3 Å². The van der Waals surface area contributed by atoms with E-state index < -0.39 is 5.97 Å². The van der Waals surface area contributed by atoms with Gasteiger partial charge in [0.1, 0.15) is 17.8 Å². The van der Waals surface area contributed by atoms with Gasteiger partial charge in [0, 0.05) is 17.8 Å². The fourth-order valence-corrected chi connectivity index (χ4v) is 1.37. The van der Waals surface area contributed by atoms with E-state index in [1.807, 2.05) is 0 Å². The lowest BCUT2D eigenvalue weighted by Crippen LogP contribution is -1.94. The highest BCUT2D eigenvalue weighted by Gasteiger charge is 2.06. The highest BCUT2D eigenvalue weighted by atomic mass is 16.5. The van der Waals surface area contributed by atoms with E-state index in [9.17, 15) is 4.79 Å². The van der Waals surface area contributed by atoms with Gasteiger partial charge >= 0.3 is 5.97 Å². The molecule has 0 saturated heterocycles. The van der Waals surface area contributed by atoms with Crippen LogP contribution in [0.25, 0.3) is 17.1 Å². The van der Waals surface area contributed by atoms with Crippen LogP contribution >= 0.6 is 0 Å². The van der Waals surface area contributed by atoms with Crippen LogP contribution in [0.1, 0.15) is 5.56 Å². The van der Waals surface area contributed by atoms with Gasteiger partial charge in [0.2, 0.25) is 0 Å². The minimum Gasteiger partial charge on any atom is -0.466 e. The van der Waals surface area contributed by atoms with Crippen molar-refractivity contribution in [2.75, 3.05) is 12.8 Å². The predicted molar refractivity (Wildman–Crippen MR) is 59.4 cm³/mol. The van der Waals surface area contributed by atoms with E-state index in [1.165, 1.54) is 19.5 Å². The van der Waals surface area contributed by atoms with Crippen molar-refractivity contribution >= 4 is 28.9 Å². The van der Waals surface area contributed by atoms with Crippen LogP contribution in [0.2, 0.25) is 0 Å². The first kappa shape index (κ1) is 10.2. The molecule has 0 unspecified atom stereocenters. The second kappa shape index (κ2) is 4.01. The van der Waals surface area contributed by atoms with Gasteiger partial charge in [0.25, 0.3) is 0 Å². The Hall–Kier alpha value is -2.37. The van der Waals surface area contributed by atoms with E-state index in [0.717, 1.165) is 5.56 Å². The number of nitrogens with two attached hydrogens (primary N) is 1. The first-order chi connectivity index (χ1) is 7.72. The zero-order chi connectivity index (χ0) is 11.5. The van der Waals surface area contributed by atoms with Gasteiger partial charge in [0.15, 0.2) is 0 Å². The average molecular weight is 218 g/mol. The Morgan fingerprint density at radius 2 is 2.38 bits per heavy atom. The maximum Gasteiger partial charge on any atom is 0.330 e. The summed E-state index contributed by atoms with van der Waals surface area (Å²) in [5, 5.41) is 0.697. The predicted octanol–water partition coefficient (Wildman–Crippen LogP) is 0.726. The molecule has 3 N–H and O–H groups in total. The summed E-state index contributed by atoms with van der Waals surface area (Å²) in [5.74, 6) is -0.0551. The third-order valence-electron chi connectivity index (χ3n) is 2.13. The molecule has 2 heterocycles. The number of rotatable bonds is 2. The second-order valence-corrected chi connectivity index (χ2v) is 3.08. The summed E-state index contributed by atoms with van der Waals surface area (Å²) in [6.07, 6.45) is 6.00. The molecular weight excluding hydrogens is 208 g/mol. The van der Waals surface area contributed by atoms with Crippen molar-refractivity contribution in [3.8, 4) is 0 Å².